The zero-order chi connectivity index (χ0) is 11.5. The molecule has 0 saturated heterocycles. The summed E-state index contributed by atoms with van der Waals surface area (Å²) in [5.74, 6) is 0.867. The summed E-state index contributed by atoms with van der Waals surface area (Å²) < 4.78 is 1.27. The molecule has 1 heterocycles. The van der Waals surface area contributed by atoms with Crippen molar-refractivity contribution < 1.29 is 0 Å². The minimum Gasteiger partial charge on any atom is -0.310 e. The number of nitrogens with one attached hydrogen (secondary N) is 1. The highest BCUT2D eigenvalue weighted by atomic mass is 79.9. The van der Waals surface area contributed by atoms with E-state index in [-0.39, 0.29) is 0 Å². The first-order valence-corrected chi connectivity index (χ1v) is 7.82. The molecule has 1 nitrogen and oxygen atoms in total. The molecule has 0 aliphatic heterocycles. The van der Waals surface area contributed by atoms with Gasteiger partial charge >= 0.3 is 0 Å². The largest absolute Gasteiger partial charge is 0.310 e. The van der Waals surface area contributed by atoms with Crippen molar-refractivity contribution in [2.45, 2.75) is 45.6 Å². The number of thiophene rings is 1. The summed E-state index contributed by atoms with van der Waals surface area (Å²) in [5.41, 5.74) is 1.52. The van der Waals surface area contributed by atoms with Crippen molar-refractivity contribution in [3.05, 3.63) is 20.3 Å². The first-order chi connectivity index (χ1) is 7.72. The Balaban J connectivity index is 2.13. The molecule has 1 aromatic rings. The van der Waals surface area contributed by atoms with Gasteiger partial charge in [-0.3, -0.25) is 0 Å². The lowest BCUT2D eigenvalue weighted by atomic mass is 9.77. The van der Waals surface area contributed by atoms with Crippen LogP contribution in [0.2, 0.25) is 0 Å². The molecular formula is C13H20BrNS. The van der Waals surface area contributed by atoms with Gasteiger partial charge in [-0.05, 0) is 66.2 Å². The predicted molar refractivity (Wildman–Crippen MR) is 75.1 cm³/mol. The number of aryl methyl sites for hydroxylation is 1. The van der Waals surface area contributed by atoms with E-state index in [2.05, 4.69) is 41.2 Å². The van der Waals surface area contributed by atoms with Crippen LogP contribution in [0.1, 0.15) is 49.1 Å². The average molecular weight is 302 g/mol. The first-order valence-electron chi connectivity index (χ1n) is 6.21. The smallest absolute Gasteiger partial charge is 0.0704 e. The van der Waals surface area contributed by atoms with Crippen LogP contribution in [0.3, 0.4) is 0 Å². The van der Waals surface area contributed by atoms with E-state index in [9.17, 15) is 0 Å². The van der Waals surface area contributed by atoms with Gasteiger partial charge in [-0.2, -0.15) is 0 Å². The van der Waals surface area contributed by atoms with Crippen LogP contribution in [-0.2, 0) is 0 Å². The molecule has 16 heavy (non-hydrogen) atoms. The molecule has 1 atom stereocenters. The summed E-state index contributed by atoms with van der Waals surface area (Å²) >= 11 is 5.46. The SMILES string of the molecule is CCCNC(c1cc(Br)sc1C)C1CCC1. The second-order valence-electron chi connectivity index (χ2n) is 4.68. The highest BCUT2D eigenvalue weighted by Gasteiger charge is 2.29. The van der Waals surface area contributed by atoms with Crippen molar-refractivity contribution in [3.63, 3.8) is 0 Å². The molecule has 0 spiro atoms. The predicted octanol–water partition coefficient (Wildman–Crippen LogP) is 4.66. The van der Waals surface area contributed by atoms with Crippen LogP contribution in [0.15, 0.2) is 9.85 Å². The monoisotopic (exact) mass is 301 g/mol. The van der Waals surface area contributed by atoms with E-state index in [0.717, 1.165) is 12.5 Å². The summed E-state index contributed by atoms with van der Waals surface area (Å²) in [6.45, 7) is 5.61. The third kappa shape index (κ3) is 2.69. The molecule has 0 amide bonds. The van der Waals surface area contributed by atoms with E-state index in [4.69, 9.17) is 0 Å². The highest BCUT2D eigenvalue weighted by molar-refractivity contribution is 9.11. The van der Waals surface area contributed by atoms with Crippen LogP contribution < -0.4 is 5.32 Å². The number of hydrogen-bond acceptors (Lipinski definition) is 2. The maximum absolute atomic E-state index is 3.73. The van der Waals surface area contributed by atoms with Crippen molar-refractivity contribution >= 4 is 27.3 Å². The molecule has 1 unspecified atom stereocenters. The normalized spacial score (nSPS) is 18.4. The topological polar surface area (TPSA) is 12.0 Å². The average Bonchev–Trinajstić information content (AvgIpc) is 2.49. The lowest BCUT2D eigenvalue weighted by molar-refractivity contribution is 0.231. The second-order valence-corrected chi connectivity index (χ2v) is 7.32. The maximum atomic E-state index is 3.73. The van der Waals surface area contributed by atoms with Crippen molar-refractivity contribution in [3.8, 4) is 0 Å². The molecule has 1 aliphatic rings. The van der Waals surface area contributed by atoms with Gasteiger partial charge in [0.25, 0.3) is 0 Å². The van der Waals surface area contributed by atoms with Gasteiger partial charge in [0.1, 0.15) is 0 Å². The Bertz CT molecular complexity index is 344. The van der Waals surface area contributed by atoms with Gasteiger partial charge in [0.2, 0.25) is 0 Å². The van der Waals surface area contributed by atoms with Crippen LogP contribution in [0.25, 0.3) is 0 Å². The van der Waals surface area contributed by atoms with Gasteiger partial charge in [-0.15, -0.1) is 11.3 Å². The molecule has 2 rings (SSSR count). The summed E-state index contributed by atoms with van der Waals surface area (Å²) in [6, 6.07) is 2.90. The maximum Gasteiger partial charge on any atom is 0.0704 e. The quantitative estimate of drug-likeness (QED) is 0.834. The number of halogens is 1. The zero-order valence-electron chi connectivity index (χ0n) is 10.1. The molecule has 1 aromatic heterocycles. The van der Waals surface area contributed by atoms with E-state index in [1.54, 1.807) is 0 Å². The minimum atomic E-state index is 0.594. The first kappa shape index (κ1) is 12.6. The third-order valence-corrected chi connectivity index (χ3v) is 5.07. The Morgan fingerprint density at radius 1 is 1.56 bits per heavy atom. The summed E-state index contributed by atoms with van der Waals surface area (Å²) in [6.07, 6.45) is 5.43. The van der Waals surface area contributed by atoms with Gasteiger partial charge in [0.15, 0.2) is 0 Å². The molecular weight excluding hydrogens is 282 g/mol. The summed E-state index contributed by atoms with van der Waals surface area (Å²) in [7, 11) is 0. The molecule has 0 aromatic carbocycles. The molecule has 1 saturated carbocycles. The van der Waals surface area contributed by atoms with Crippen LogP contribution in [0, 0.1) is 12.8 Å². The molecule has 0 radical (unpaired) electrons. The van der Waals surface area contributed by atoms with Gasteiger partial charge in [-0.25, -0.2) is 0 Å². The van der Waals surface area contributed by atoms with Crippen LogP contribution in [0.4, 0.5) is 0 Å². The van der Waals surface area contributed by atoms with Gasteiger partial charge in [-0.1, -0.05) is 13.3 Å². The minimum absolute atomic E-state index is 0.594. The summed E-state index contributed by atoms with van der Waals surface area (Å²) in [5, 5.41) is 3.73. The van der Waals surface area contributed by atoms with Crippen LogP contribution in [0.5, 0.6) is 0 Å². The standard InChI is InChI=1S/C13H20BrNS/c1-3-7-15-13(10-5-4-6-10)11-8-12(14)16-9(11)2/h8,10,13,15H,3-7H2,1-2H3. The lowest BCUT2D eigenvalue weighted by Crippen LogP contribution is -2.32. The second kappa shape index (κ2) is 5.65. The van der Waals surface area contributed by atoms with Crippen molar-refractivity contribution in [2.75, 3.05) is 6.54 Å². The molecule has 90 valence electrons. The Kier molecular flexibility index (Phi) is 4.45. The Labute approximate surface area is 111 Å². The molecule has 1 fully saturated rings. The van der Waals surface area contributed by atoms with Gasteiger partial charge in [0.05, 0.1) is 3.79 Å². The Hall–Kier alpha value is 0.140. The van der Waals surface area contributed by atoms with Gasteiger partial charge < -0.3 is 5.32 Å². The fourth-order valence-electron chi connectivity index (χ4n) is 2.37. The number of rotatable bonds is 5. The zero-order valence-corrected chi connectivity index (χ0v) is 12.5. The van der Waals surface area contributed by atoms with Gasteiger partial charge in [0, 0.05) is 10.9 Å². The fraction of sp³-hybridized carbons (Fsp3) is 0.692. The van der Waals surface area contributed by atoms with Crippen LogP contribution >= 0.6 is 27.3 Å². The lowest BCUT2D eigenvalue weighted by Gasteiger charge is -2.34. The van der Waals surface area contributed by atoms with Crippen molar-refractivity contribution in [2.24, 2.45) is 5.92 Å². The van der Waals surface area contributed by atoms with Crippen molar-refractivity contribution in [1.29, 1.82) is 0 Å². The number of hydrogen-bond donors (Lipinski definition) is 1. The Morgan fingerprint density at radius 2 is 2.31 bits per heavy atom. The van der Waals surface area contributed by atoms with E-state index in [1.165, 1.54) is 39.9 Å². The van der Waals surface area contributed by atoms with E-state index in [0.29, 0.717) is 6.04 Å². The van der Waals surface area contributed by atoms with E-state index >= 15 is 0 Å². The van der Waals surface area contributed by atoms with Crippen LogP contribution in [-0.4, -0.2) is 6.54 Å². The van der Waals surface area contributed by atoms with E-state index < -0.39 is 0 Å². The fourth-order valence-corrected chi connectivity index (χ4v) is 4.13. The molecule has 0 bridgehead atoms. The summed E-state index contributed by atoms with van der Waals surface area (Å²) in [4.78, 5) is 1.47. The Morgan fingerprint density at radius 3 is 2.75 bits per heavy atom. The van der Waals surface area contributed by atoms with Crippen molar-refractivity contribution in [1.82, 2.24) is 5.32 Å². The molecule has 3 heteroatoms. The third-order valence-electron chi connectivity index (χ3n) is 3.50. The van der Waals surface area contributed by atoms with E-state index in [1.807, 2.05) is 11.3 Å². The molecule has 1 N–H and O–H groups in total. The molecule has 1 aliphatic carbocycles. The highest BCUT2D eigenvalue weighted by Crippen LogP contribution is 2.41.